The highest BCUT2D eigenvalue weighted by atomic mass is 32.2. The first kappa shape index (κ1) is 29.9. The topological polar surface area (TPSA) is 104 Å². The molecule has 1 aliphatic carbocycles. The van der Waals surface area contributed by atoms with E-state index in [-0.39, 0.29) is 16.7 Å². The van der Waals surface area contributed by atoms with Gasteiger partial charge < -0.3 is 10.4 Å². The molecule has 1 aromatic carbocycles. The summed E-state index contributed by atoms with van der Waals surface area (Å²) in [6, 6.07) is 4.25. The summed E-state index contributed by atoms with van der Waals surface area (Å²) in [5, 5.41) is 10.1. The maximum atomic E-state index is 13.2. The zero-order valence-electron chi connectivity index (χ0n) is 19.6. The molecule has 1 aliphatic heterocycles. The van der Waals surface area contributed by atoms with E-state index < -0.39 is 38.5 Å². The lowest BCUT2D eigenvalue weighted by molar-refractivity contribution is -0.192. The fourth-order valence-corrected chi connectivity index (χ4v) is 5.67. The number of carboxylic acid groups (broad SMARTS) is 1. The summed E-state index contributed by atoms with van der Waals surface area (Å²) >= 11 is 0. The Balaban J connectivity index is 0.000000572. The second-order valence-electron chi connectivity index (χ2n) is 9.33. The SMILES string of the molecule is CC(C)(C1CCN(CC(=O)NC2CC2)CC1)S(=O)(=O)c1cccc(C(F)(F)F)c1.O=C(O)C(F)(F)F. The Morgan fingerprint density at radius 1 is 1.03 bits per heavy atom. The number of sulfone groups is 1. The van der Waals surface area contributed by atoms with E-state index in [1.54, 1.807) is 13.8 Å². The number of likely N-dealkylation sites (tertiary alicyclic amines) is 1. The molecular formula is C22H28F6N2O5S. The Bertz CT molecular complexity index is 1040. The fourth-order valence-electron chi connectivity index (χ4n) is 3.85. The van der Waals surface area contributed by atoms with Gasteiger partial charge in [0.1, 0.15) is 0 Å². The third-order valence-electron chi connectivity index (χ3n) is 6.29. The van der Waals surface area contributed by atoms with Crippen molar-refractivity contribution in [2.24, 2.45) is 5.92 Å². The van der Waals surface area contributed by atoms with E-state index in [0.29, 0.717) is 44.6 Å². The molecule has 0 unspecified atom stereocenters. The molecule has 2 aliphatic rings. The molecule has 0 aromatic heterocycles. The van der Waals surface area contributed by atoms with Crippen molar-refractivity contribution in [3.63, 3.8) is 0 Å². The van der Waals surface area contributed by atoms with Crippen LogP contribution in [0.25, 0.3) is 0 Å². The molecule has 1 saturated carbocycles. The summed E-state index contributed by atoms with van der Waals surface area (Å²) in [6.07, 6.45) is -6.49. The number of hydrogen-bond donors (Lipinski definition) is 2. The first-order chi connectivity index (χ1) is 16.4. The van der Waals surface area contributed by atoms with Gasteiger partial charge in [-0.05, 0) is 76.7 Å². The van der Waals surface area contributed by atoms with Crippen LogP contribution in [-0.2, 0) is 25.6 Å². The molecular weight excluding hydrogens is 518 g/mol. The average Bonchev–Trinajstić information content (AvgIpc) is 3.57. The number of carbonyl (C=O) groups is 2. The lowest BCUT2D eigenvalue weighted by Gasteiger charge is -2.40. The van der Waals surface area contributed by atoms with Gasteiger partial charge in [-0.3, -0.25) is 9.69 Å². The summed E-state index contributed by atoms with van der Waals surface area (Å²) in [6.45, 7) is 4.64. The molecule has 1 saturated heterocycles. The summed E-state index contributed by atoms with van der Waals surface area (Å²) in [5.41, 5.74) is -0.967. The number of carbonyl (C=O) groups excluding carboxylic acids is 1. The highest BCUT2D eigenvalue weighted by Gasteiger charge is 2.44. The molecule has 2 fully saturated rings. The number of alkyl halides is 6. The fraction of sp³-hybridized carbons (Fsp3) is 0.636. The summed E-state index contributed by atoms with van der Waals surface area (Å²) in [7, 11) is -3.97. The first-order valence-electron chi connectivity index (χ1n) is 11.1. The monoisotopic (exact) mass is 546 g/mol. The van der Waals surface area contributed by atoms with Crippen LogP contribution in [0.3, 0.4) is 0 Å². The van der Waals surface area contributed by atoms with Crippen LogP contribution in [0.5, 0.6) is 0 Å². The normalized spacial score (nSPS) is 18.2. The largest absolute Gasteiger partial charge is 0.490 e. The number of nitrogens with zero attached hydrogens (tertiary/aromatic N) is 1. The first-order valence-corrected chi connectivity index (χ1v) is 12.6. The van der Waals surface area contributed by atoms with Crippen LogP contribution in [0.2, 0.25) is 0 Å². The van der Waals surface area contributed by atoms with Crippen LogP contribution >= 0.6 is 0 Å². The van der Waals surface area contributed by atoms with Crippen molar-refractivity contribution in [2.75, 3.05) is 19.6 Å². The molecule has 7 nitrogen and oxygen atoms in total. The van der Waals surface area contributed by atoms with Crippen LogP contribution in [-0.4, -0.2) is 66.9 Å². The third kappa shape index (κ3) is 7.82. The number of benzene rings is 1. The minimum atomic E-state index is -5.08. The van der Waals surface area contributed by atoms with Crippen LogP contribution in [0.4, 0.5) is 26.3 Å². The lowest BCUT2D eigenvalue weighted by Crippen LogP contribution is -2.48. The highest BCUT2D eigenvalue weighted by Crippen LogP contribution is 2.39. The minimum Gasteiger partial charge on any atom is -0.475 e. The molecule has 2 N–H and O–H groups in total. The number of hydrogen-bond acceptors (Lipinski definition) is 5. The van der Waals surface area contributed by atoms with E-state index in [0.717, 1.165) is 25.0 Å². The number of halogens is 6. The van der Waals surface area contributed by atoms with Crippen molar-refractivity contribution >= 4 is 21.7 Å². The standard InChI is InChI=1S/C20H27F3N2O3S.C2HF3O2/c1-19(2,29(27,28)17-5-3-4-15(12-17)20(21,22)23)14-8-10-25(11-9-14)13-18(26)24-16-6-7-16;3-2(4,5)1(6)7/h3-5,12,14,16H,6-11,13H2,1-2H3,(H,24,26);(H,6,7). The second-order valence-corrected chi connectivity index (χ2v) is 11.9. The lowest BCUT2D eigenvalue weighted by atomic mass is 9.86. The molecule has 14 heteroatoms. The van der Waals surface area contributed by atoms with Crippen molar-refractivity contribution in [2.45, 2.75) is 67.6 Å². The van der Waals surface area contributed by atoms with Gasteiger partial charge in [-0.25, -0.2) is 13.2 Å². The Hall–Kier alpha value is -2.35. The predicted octanol–water partition coefficient (Wildman–Crippen LogP) is 3.88. The molecule has 1 amide bonds. The summed E-state index contributed by atoms with van der Waals surface area (Å²) in [4.78, 5) is 22.6. The summed E-state index contributed by atoms with van der Waals surface area (Å²) in [5.74, 6) is -2.97. The number of amides is 1. The van der Waals surface area contributed by atoms with E-state index >= 15 is 0 Å². The molecule has 1 aromatic rings. The van der Waals surface area contributed by atoms with Gasteiger partial charge >= 0.3 is 18.3 Å². The van der Waals surface area contributed by atoms with Gasteiger partial charge in [0, 0.05) is 6.04 Å². The van der Waals surface area contributed by atoms with Crippen molar-refractivity contribution in [1.29, 1.82) is 0 Å². The van der Waals surface area contributed by atoms with Crippen LogP contribution < -0.4 is 5.32 Å². The third-order valence-corrected chi connectivity index (χ3v) is 8.88. The molecule has 3 rings (SSSR count). The van der Waals surface area contributed by atoms with Gasteiger partial charge in [0.2, 0.25) is 5.91 Å². The quantitative estimate of drug-likeness (QED) is 0.525. The zero-order valence-corrected chi connectivity index (χ0v) is 20.4. The van der Waals surface area contributed by atoms with E-state index in [4.69, 9.17) is 9.90 Å². The van der Waals surface area contributed by atoms with Crippen molar-refractivity contribution in [3.05, 3.63) is 29.8 Å². The second kappa shape index (κ2) is 11.0. The van der Waals surface area contributed by atoms with Crippen molar-refractivity contribution < 1.29 is 49.5 Å². The van der Waals surface area contributed by atoms with Gasteiger partial charge in [0.25, 0.3) is 0 Å². The van der Waals surface area contributed by atoms with E-state index in [2.05, 4.69) is 5.32 Å². The molecule has 0 radical (unpaired) electrons. The van der Waals surface area contributed by atoms with Crippen LogP contribution in [0.1, 0.15) is 45.1 Å². The molecule has 0 bridgehead atoms. The maximum absolute atomic E-state index is 13.2. The van der Waals surface area contributed by atoms with E-state index in [9.17, 15) is 39.6 Å². The van der Waals surface area contributed by atoms with Gasteiger partial charge in [-0.1, -0.05) is 6.07 Å². The molecule has 1 heterocycles. The molecule has 0 atom stereocenters. The van der Waals surface area contributed by atoms with E-state index in [1.165, 1.54) is 6.07 Å². The Morgan fingerprint density at radius 3 is 2.00 bits per heavy atom. The van der Waals surface area contributed by atoms with E-state index in [1.807, 2.05) is 4.90 Å². The van der Waals surface area contributed by atoms with Gasteiger partial charge in [0.15, 0.2) is 9.84 Å². The minimum absolute atomic E-state index is 0.0122. The number of aliphatic carboxylic acids is 1. The Kier molecular flexibility index (Phi) is 9.09. The average molecular weight is 547 g/mol. The Labute approximate surface area is 204 Å². The summed E-state index contributed by atoms with van der Waals surface area (Å²) < 4.78 is 95.9. The molecule has 0 spiro atoms. The Morgan fingerprint density at radius 2 is 1.56 bits per heavy atom. The molecule has 204 valence electrons. The maximum Gasteiger partial charge on any atom is 0.490 e. The van der Waals surface area contributed by atoms with Crippen LogP contribution in [0, 0.1) is 5.92 Å². The van der Waals surface area contributed by atoms with Gasteiger partial charge in [-0.15, -0.1) is 0 Å². The number of nitrogens with one attached hydrogen (secondary N) is 1. The van der Waals surface area contributed by atoms with Gasteiger partial charge in [-0.2, -0.15) is 26.3 Å². The van der Waals surface area contributed by atoms with Gasteiger partial charge in [0.05, 0.1) is 21.8 Å². The van der Waals surface area contributed by atoms with Crippen LogP contribution in [0.15, 0.2) is 29.2 Å². The highest BCUT2D eigenvalue weighted by molar-refractivity contribution is 7.92. The zero-order chi connectivity index (χ0) is 27.5. The number of piperidine rings is 1. The number of rotatable bonds is 6. The molecule has 36 heavy (non-hydrogen) atoms. The van der Waals surface area contributed by atoms with Crippen molar-refractivity contribution in [3.8, 4) is 0 Å². The predicted molar refractivity (Wildman–Crippen MR) is 117 cm³/mol. The number of carboxylic acids is 1. The van der Waals surface area contributed by atoms with Crippen molar-refractivity contribution in [1.82, 2.24) is 10.2 Å². The smallest absolute Gasteiger partial charge is 0.475 e.